The Balaban J connectivity index is 2.17. The highest BCUT2D eigenvalue weighted by molar-refractivity contribution is 6.31. The minimum atomic E-state index is -1.02. The number of rotatable bonds is 4. The Hall–Kier alpha value is -2.66. The monoisotopic (exact) mass is 327 g/mol. The zero-order valence-electron chi connectivity index (χ0n) is 12.4. The lowest BCUT2D eigenvalue weighted by atomic mass is 10.2. The van der Waals surface area contributed by atoms with Gasteiger partial charge in [0.1, 0.15) is 5.82 Å². The maximum absolute atomic E-state index is 11.7. The van der Waals surface area contributed by atoms with Crippen molar-refractivity contribution < 1.29 is 9.90 Å². The van der Waals surface area contributed by atoms with E-state index in [0.717, 1.165) is 11.1 Å². The van der Waals surface area contributed by atoms with Gasteiger partial charge >= 0.3 is 5.97 Å². The van der Waals surface area contributed by atoms with Crippen LogP contribution in [0.5, 0.6) is 0 Å². The van der Waals surface area contributed by atoms with E-state index in [4.69, 9.17) is 11.6 Å². The summed E-state index contributed by atoms with van der Waals surface area (Å²) in [6, 6.07) is 11.0. The molecule has 3 aromatic rings. The summed E-state index contributed by atoms with van der Waals surface area (Å²) in [4.78, 5) is 20.2. The summed E-state index contributed by atoms with van der Waals surface area (Å²) < 4.78 is 1.66. The highest BCUT2D eigenvalue weighted by atomic mass is 35.5. The molecule has 0 fully saturated rings. The summed E-state index contributed by atoms with van der Waals surface area (Å²) in [5, 5.41) is 10.1. The van der Waals surface area contributed by atoms with E-state index in [0.29, 0.717) is 23.1 Å². The average Bonchev–Trinajstić information content (AvgIpc) is 2.87. The predicted octanol–water partition coefficient (Wildman–Crippen LogP) is 3.65. The molecule has 2 heterocycles. The van der Waals surface area contributed by atoms with Gasteiger partial charge in [-0.1, -0.05) is 29.8 Å². The summed E-state index contributed by atoms with van der Waals surface area (Å²) in [6.07, 6.45) is 3.33. The van der Waals surface area contributed by atoms with Gasteiger partial charge in [0, 0.05) is 23.0 Å². The van der Waals surface area contributed by atoms with E-state index in [1.54, 1.807) is 36.0 Å². The molecule has 0 radical (unpaired) electrons. The second-order valence-corrected chi connectivity index (χ2v) is 5.50. The van der Waals surface area contributed by atoms with E-state index in [1.807, 2.05) is 24.3 Å². The first-order valence-electron chi connectivity index (χ1n) is 7.02. The lowest BCUT2D eigenvalue weighted by Crippen LogP contribution is -2.12. The van der Waals surface area contributed by atoms with Crippen LogP contribution < -0.4 is 0 Å². The molecule has 0 saturated carbocycles. The topological polar surface area (TPSA) is 68.0 Å². The van der Waals surface area contributed by atoms with E-state index in [1.165, 1.54) is 0 Å². The Morgan fingerprint density at radius 3 is 2.70 bits per heavy atom. The van der Waals surface area contributed by atoms with Crippen LogP contribution in [0.4, 0.5) is 0 Å². The predicted molar refractivity (Wildman–Crippen MR) is 87.7 cm³/mol. The normalized spacial score (nSPS) is 10.7. The number of hydrogen-bond donors (Lipinski definition) is 1. The molecule has 0 bridgehead atoms. The summed E-state index contributed by atoms with van der Waals surface area (Å²) >= 11 is 6.22. The molecule has 0 amide bonds. The minimum Gasteiger partial charge on any atom is -0.477 e. The number of hydrogen-bond acceptors (Lipinski definition) is 3. The smallest absolute Gasteiger partial charge is 0.354 e. The molecule has 0 atom stereocenters. The van der Waals surface area contributed by atoms with Gasteiger partial charge in [0.15, 0.2) is 5.69 Å². The molecule has 5 nitrogen and oxygen atoms in total. The standard InChI is InChI=1S/C17H14ClN3O2/c1-11-15(17(22)23)21(10-13-5-2-3-7-14(13)18)16(20-11)12-6-4-8-19-9-12/h2-9H,10H2,1H3,(H,22,23). The number of carbonyl (C=O) groups is 1. The summed E-state index contributed by atoms with van der Waals surface area (Å²) in [5.74, 6) is -0.454. The van der Waals surface area contributed by atoms with Crippen LogP contribution in [-0.4, -0.2) is 25.6 Å². The first kappa shape index (κ1) is 15.2. The van der Waals surface area contributed by atoms with Gasteiger partial charge in [-0.15, -0.1) is 0 Å². The number of pyridine rings is 1. The van der Waals surface area contributed by atoms with Crippen molar-refractivity contribution in [3.8, 4) is 11.4 Å². The van der Waals surface area contributed by atoms with E-state index in [2.05, 4.69) is 9.97 Å². The van der Waals surface area contributed by atoms with Crippen molar-refractivity contribution in [2.45, 2.75) is 13.5 Å². The van der Waals surface area contributed by atoms with Gasteiger partial charge in [0.05, 0.1) is 12.2 Å². The van der Waals surface area contributed by atoms with Crippen LogP contribution in [0.2, 0.25) is 5.02 Å². The Labute approximate surface area is 138 Å². The van der Waals surface area contributed by atoms with E-state index < -0.39 is 5.97 Å². The Kier molecular flexibility index (Phi) is 4.12. The fourth-order valence-electron chi connectivity index (χ4n) is 2.51. The molecule has 3 rings (SSSR count). The van der Waals surface area contributed by atoms with Crippen LogP contribution >= 0.6 is 11.6 Å². The number of aromatic carboxylic acids is 1. The minimum absolute atomic E-state index is 0.156. The fraction of sp³-hybridized carbons (Fsp3) is 0.118. The average molecular weight is 328 g/mol. The Bertz CT molecular complexity index is 860. The van der Waals surface area contributed by atoms with Crippen molar-refractivity contribution in [2.75, 3.05) is 0 Å². The number of aromatic nitrogens is 3. The van der Waals surface area contributed by atoms with Crippen LogP contribution in [0.25, 0.3) is 11.4 Å². The number of nitrogens with zero attached hydrogens (tertiary/aromatic N) is 3. The van der Waals surface area contributed by atoms with Gasteiger partial charge in [-0.3, -0.25) is 4.98 Å². The maximum Gasteiger partial charge on any atom is 0.354 e. The number of carboxylic acids is 1. The number of benzene rings is 1. The largest absolute Gasteiger partial charge is 0.477 e. The first-order chi connectivity index (χ1) is 11.1. The number of halogens is 1. The SMILES string of the molecule is Cc1nc(-c2cccnc2)n(Cc2ccccc2Cl)c1C(=O)O. The molecular weight excluding hydrogens is 314 g/mol. The molecule has 0 unspecified atom stereocenters. The van der Waals surface area contributed by atoms with Crippen molar-refractivity contribution in [1.29, 1.82) is 0 Å². The van der Waals surface area contributed by atoms with Crippen LogP contribution in [0, 0.1) is 6.92 Å². The van der Waals surface area contributed by atoms with Crippen LogP contribution in [0.15, 0.2) is 48.8 Å². The number of carboxylic acid groups (broad SMARTS) is 1. The van der Waals surface area contributed by atoms with Crippen LogP contribution in [0.1, 0.15) is 21.7 Å². The zero-order chi connectivity index (χ0) is 16.4. The van der Waals surface area contributed by atoms with E-state index >= 15 is 0 Å². The lowest BCUT2D eigenvalue weighted by molar-refractivity contribution is 0.0685. The van der Waals surface area contributed by atoms with Crippen molar-refractivity contribution in [3.63, 3.8) is 0 Å². The van der Waals surface area contributed by atoms with Gasteiger partial charge in [-0.05, 0) is 30.7 Å². The Morgan fingerprint density at radius 1 is 1.26 bits per heavy atom. The summed E-state index contributed by atoms with van der Waals surface area (Å²) in [5.41, 5.74) is 2.21. The van der Waals surface area contributed by atoms with Gasteiger partial charge in [0.25, 0.3) is 0 Å². The second kappa shape index (κ2) is 6.22. The summed E-state index contributed by atoms with van der Waals surface area (Å²) in [6.45, 7) is 2.01. The molecule has 23 heavy (non-hydrogen) atoms. The third-order valence-corrected chi connectivity index (χ3v) is 3.92. The maximum atomic E-state index is 11.7. The van der Waals surface area contributed by atoms with Crippen LogP contribution in [0.3, 0.4) is 0 Å². The quantitative estimate of drug-likeness (QED) is 0.794. The highest BCUT2D eigenvalue weighted by Crippen LogP contribution is 2.25. The molecular formula is C17H14ClN3O2. The Morgan fingerprint density at radius 2 is 2.04 bits per heavy atom. The third-order valence-electron chi connectivity index (χ3n) is 3.55. The molecule has 6 heteroatoms. The van der Waals surface area contributed by atoms with Crippen molar-refractivity contribution in [1.82, 2.24) is 14.5 Å². The summed E-state index contributed by atoms with van der Waals surface area (Å²) in [7, 11) is 0. The molecule has 0 aliphatic heterocycles. The first-order valence-corrected chi connectivity index (χ1v) is 7.40. The third kappa shape index (κ3) is 2.96. The van der Waals surface area contributed by atoms with Gasteiger partial charge in [-0.25, -0.2) is 9.78 Å². The van der Waals surface area contributed by atoms with Crippen molar-refractivity contribution in [2.24, 2.45) is 0 Å². The van der Waals surface area contributed by atoms with Crippen molar-refractivity contribution >= 4 is 17.6 Å². The molecule has 0 saturated heterocycles. The lowest BCUT2D eigenvalue weighted by Gasteiger charge is -2.11. The molecule has 0 spiro atoms. The molecule has 0 aliphatic carbocycles. The number of imidazole rings is 1. The van der Waals surface area contributed by atoms with E-state index in [-0.39, 0.29) is 5.69 Å². The van der Waals surface area contributed by atoms with Gasteiger partial charge in [0.2, 0.25) is 0 Å². The molecule has 2 aromatic heterocycles. The molecule has 116 valence electrons. The molecule has 1 aromatic carbocycles. The highest BCUT2D eigenvalue weighted by Gasteiger charge is 2.21. The molecule has 0 aliphatic rings. The van der Waals surface area contributed by atoms with Gasteiger partial charge < -0.3 is 9.67 Å². The second-order valence-electron chi connectivity index (χ2n) is 5.09. The van der Waals surface area contributed by atoms with Gasteiger partial charge in [-0.2, -0.15) is 0 Å². The number of aryl methyl sites for hydroxylation is 1. The fourth-order valence-corrected chi connectivity index (χ4v) is 2.71. The van der Waals surface area contributed by atoms with Crippen molar-refractivity contribution in [3.05, 3.63) is 70.8 Å². The van der Waals surface area contributed by atoms with E-state index in [9.17, 15) is 9.90 Å². The van der Waals surface area contributed by atoms with Crippen LogP contribution in [-0.2, 0) is 6.54 Å². The molecule has 1 N–H and O–H groups in total. The zero-order valence-corrected chi connectivity index (χ0v) is 13.2.